The number of amides is 1. The van der Waals surface area contributed by atoms with Crippen molar-refractivity contribution in [3.05, 3.63) is 66.4 Å². The zero-order valence-corrected chi connectivity index (χ0v) is 19.1. The Morgan fingerprint density at radius 1 is 0.969 bits per heavy atom. The van der Waals surface area contributed by atoms with E-state index in [1.807, 2.05) is 49.1 Å². The minimum Gasteiger partial charge on any atom is -0.497 e. The van der Waals surface area contributed by atoms with Crippen LogP contribution in [0, 0.1) is 0 Å². The summed E-state index contributed by atoms with van der Waals surface area (Å²) in [7, 11) is 5.30. The third kappa shape index (κ3) is 5.18. The Balaban J connectivity index is 1.52. The van der Waals surface area contributed by atoms with Crippen molar-refractivity contribution < 1.29 is 9.53 Å². The minimum absolute atomic E-state index is 0.157. The molecule has 0 aliphatic carbocycles. The molecule has 2 heterocycles. The number of rotatable bonds is 7. The first kappa shape index (κ1) is 22.0. The quantitative estimate of drug-likeness (QED) is 0.574. The summed E-state index contributed by atoms with van der Waals surface area (Å²) in [4.78, 5) is 18.4. The Labute approximate surface area is 189 Å². The molecule has 1 saturated heterocycles. The molecule has 1 amide bonds. The topological polar surface area (TPSA) is 53.8 Å². The molecular weight excluding hydrogens is 402 g/mol. The van der Waals surface area contributed by atoms with Gasteiger partial charge in [-0.1, -0.05) is 18.2 Å². The number of ether oxygens (including phenoxy) is 1. The molecule has 0 atom stereocenters. The molecule has 4 rings (SSSR count). The summed E-state index contributed by atoms with van der Waals surface area (Å²) in [6.07, 6.45) is 2.14. The van der Waals surface area contributed by atoms with Crippen molar-refractivity contribution in [1.29, 1.82) is 0 Å². The predicted octanol–water partition coefficient (Wildman–Crippen LogP) is 2.75. The summed E-state index contributed by atoms with van der Waals surface area (Å²) < 4.78 is 7.28. The molecule has 0 radical (unpaired) electrons. The first-order valence-electron chi connectivity index (χ1n) is 11.0. The fourth-order valence-corrected chi connectivity index (χ4v) is 3.91. The van der Waals surface area contributed by atoms with Crippen LogP contribution < -0.4 is 4.74 Å². The van der Waals surface area contributed by atoms with E-state index in [4.69, 9.17) is 9.84 Å². The second kappa shape index (κ2) is 9.97. The SMILES string of the molecule is COc1ccc(-c2nn(-c3ccccc3)cc2CN2CCN(CC(=O)N(C)C)CC2)cc1. The highest BCUT2D eigenvalue weighted by atomic mass is 16.5. The van der Waals surface area contributed by atoms with Gasteiger partial charge in [-0.2, -0.15) is 5.10 Å². The van der Waals surface area contributed by atoms with Crippen molar-refractivity contribution >= 4 is 5.91 Å². The number of hydrogen-bond donors (Lipinski definition) is 0. The fourth-order valence-electron chi connectivity index (χ4n) is 3.91. The van der Waals surface area contributed by atoms with E-state index >= 15 is 0 Å². The van der Waals surface area contributed by atoms with Gasteiger partial charge in [0.15, 0.2) is 0 Å². The Morgan fingerprint density at radius 3 is 2.25 bits per heavy atom. The third-order valence-corrected chi connectivity index (χ3v) is 5.89. The molecule has 3 aromatic rings. The monoisotopic (exact) mass is 433 g/mol. The average molecular weight is 434 g/mol. The number of piperazine rings is 1. The number of hydrogen-bond acceptors (Lipinski definition) is 5. The van der Waals surface area contributed by atoms with Crippen LogP contribution in [0.4, 0.5) is 0 Å². The van der Waals surface area contributed by atoms with Crippen molar-refractivity contribution in [2.45, 2.75) is 6.54 Å². The van der Waals surface area contributed by atoms with Crippen molar-refractivity contribution in [3.8, 4) is 22.7 Å². The summed E-state index contributed by atoms with van der Waals surface area (Å²) in [5.41, 5.74) is 4.30. The Morgan fingerprint density at radius 2 is 1.62 bits per heavy atom. The molecule has 168 valence electrons. The first-order valence-corrected chi connectivity index (χ1v) is 11.0. The highest BCUT2D eigenvalue weighted by Gasteiger charge is 2.22. The first-order chi connectivity index (χ1) is 15.5. The molecule has 32 heavy (non-hydrogen) atoms. The molecule has 1 fully saturated rings. The van der Waals surface area contributed by atoms with Crippen molar-refractivity contribution in [2.24, 2.45) is 0 Å². The van der Waals surface area contributed by atoms with Crippen LogP contribution in [0.25, 0.3) is 16.9 Å². The second-order valence-electron chi connectivity index (χ2n) is 8.35. The molecule has 0 N–H and O–H groups in total. The molecule has 0 unspecified atom stereocenters. The summed E-state index contributed by atoms with van der Waals surface area (Å²) in [5.74, 6) is 0.991. The molecule has 1 aliphatic rings. The number of benzene rings is 2. The van der Waals surface area contributed by atoms with E-state index < -0.39 is 0 Å². The lowest BCUT2D eigenvalue weighted by atomic mass is 10.1. The number of aromatic nitrogens is 2. The van der Waals surface area contributed by atoms with Gasteiger partial charge in [0.25, 0.3) is 0 Å². The molecule has 7 nitrogen and oxygen atoms in total. The van der Waals surface area contributed by atoms with Crippen LogP contribution in [0.15, 0.2) is 60.8 Å². The van der Waals surface area contributed by atoms with Crippen LogP contribution in [0.2, 0.25) is 0 Å². The van der Waals surface area contributed by atoms with E-state index in [9.17, 15) is 4.79 Å². The lowest BCUT2D eigenvalue weighted by Gasteiger charge is -2.34. The molecular formula is C25H31N5O2. The third-order valence-electron chi connectivity index (χ3n) is 5.89. The summed E-state index contributed by atoms with van der Waals surface area (Å²) in [5, 5.41) is 4.93. The van der Waals surface area contributed by atoms with E-state index in [2.05, 4.69) is 40.3 Å². The number of likely N-dealkylation sites (N-methyl/N-ethyl adjacent to an activating group) is 1. The van der Waals surface area contributed by atoms with E-state index in [0.717, 1.165) is 55.4 Å². The lowest BCUT2D eigenvalue weighted by molar-refractivity contribution is -0.130. The molecule has 0 spiro atoms. The number of methoxy groups -OCH3 is 1. The number of nitrogens with zero attached hydrogens (tertiary/aromatic N) is 5. The van der Waals surface area contributed by atoms with Gasteiger partial charge < -0.3 is 9.64 Å². The maximum absolute atomic E-state index is 12.0. The fraction of sp³-hybridized carbons (Fsp3) is 0.360. The summed E-state index contributed by atoms with van der Waals surface area (Å²) in [6.45, 7) is 4.96. The number of carbonyl (C=O) groups is 1. The maximum atomic E-state index is 12.0. The van der Waals surface area contributed by atoms with E-state index in [-0.39, 0.29) is 5.91 Å². The van der Waals surface area contributed by atoms with Gasteiger partial charge in [0, 0.05) is 64.1 Å². The minimum atomic E-state index is 0.157. The van der Waals surface area contributed by atoms with Gasteiger partial charge >= 0.3 is 0 Å². The van der Waals surface area contributed by atoms with Gasteiger partial charge in [0.1, 0.15) is 5.75 Å². The van der Waals surface area contributed by atoms with Crippen LogP contribution in [0.1, 0.15) is 5.56 Å². The van der Waals surface area contributed by atoms with E-state index in [0.29, 0.717) is 6.54 Å². The van der Waals surface area contributed by atoms with E-state index in [1.54, 1.807) is 12.0 Å². The highest BCUT2D eigenvalue weighted by Crippen LogP contribution is 2.27. The highest BCUT2D eigenvalue weighted by molar-refractivity contribution is 5.77. The molecule has 7 heteroatoms. The Kier molecular flexibility index (Phi) is 6.87. The normalized spacial score (nSPS) is 15.0. The average Bonchev–Trinajstić information content (AvgIpc) is 3.24. The molecule has 0 saturated carbocycles. The van der Waals surface area contributed by atoms with Crippen LogP contribution in [-0.4, -0.2) is 84.3 Å². The van der Waals surface area contributed by atoms with Crippen molar-refractivity contribution in [2.75, 3.05) is 53.9 Å². The maximum Gasteiger partial charge on any atom is 0.236 e. The molecule has 0 bridgehead atoms. The Hall–Kier alpha value is -3.16. The standard InChI is InChI=1S/C25H31N5O2/c1-27(2)24(31)19-29-15-13-28(14-16-29)17-21-18-30(22-7-5-4-6-8-22)26-25(21)20-9-11-23(32-3)12-10-20/h4-12,18H,13-17,19H2,1-3H3. The van der Waals surface area contributed by atoms with Crippen LogP contribution in [-0.2, 0) is 11.3 Å². The second-order valence-corrected chi connectivity index (χ2v) is 8.35. The smallest absolute Gasteiger partial charge is 0.236 e. The lowest BCUT2D eigenvalue weighted by Crippen LogP contribution is -2.48. The predicted molar refractivity (Wildman–Crippen MR) is 126 cm³/mol. The van der Waals surface area contributed by atoms with Crippen LogP contribution >= 0.6 is 0 Å². The number of para-hydroxylation sites is 1. The largest absolute Gasteiger partial charge is 0.497 e. The molecule has 1 aromatic heterocycles. The zero-order valence-electron chi connectivity index (χ0n) is 19.1. The van der Waals surface area contributed by atoms with Gasteiger partial charge in [0.05, 0.1) is 25.0 Å². The van der Waals surface area contributed by atoms with Gasteiger partial charge in [0.2, 0.25) is 5.91 Å². The number of carbonyl (C=O) groups excluding carboxylic acids is 1. The summed E-state index contributed by atoms with van der Waals surface area (Å²) >= 11 is 0. The zero-order chi connectivity index (χ0) is 22.5. The van der Waals surface area contributed by atoms with Gasteiger partial charge in [-0.3, -0.25) is 14.6 Å². The van der Waals surface area contributed by atoms with Crippen molar-refractivity contribution in [3.63, 3.8) is 0 Å². The summed E-state index contributed by atoms with van der Waals surface area (Å²) in [6, 6.07) is 18.3. The Bertz CT molecular complexity index is 1020. The molecule has 1 aliphatic heterocycles. The van der Waals surface area contributed by atoms with Gasteiger partial charge in [-0.15, -0.1) is 0 Å². The van der Waals surface area contributed by atoms with Crippen molar-refractivity contribution in [1.82, 2.24) is 24.5 Å². The van der Waals surface area contributed by atoms with Gasteiger partial charge in [-0.25, -0.2) is 4.68 Å². The van der Waals surface area contributed by atoms with Crippen LogP contribution in [0.3, 0.4) is 0 Å². The van der Waals surface area contributed by atoms with Gasteiger partial charge in [-0.05, 0) is 36.4 Å². The van der Waals surface area contributed by atoms with E-state index in [1.165, 1.54) is 5.56 Å². The van der Waals surface area contributed by atoms with Crippen LogP contribution in [0.5, 0.6) is 5.75 Å². The molecule has 2 aromatic carbocycles.